The number of amides is 5. The van der Waals surface area contributed by atoms with Crippen LogP contribution in [0.25, 0.3) is 0 Å². The minimum absolute atomic E-state index is 0. The number of nitrogens with two attached hydrogens (primary N) is 1. The number of carbonyl (C=O) groups excluding carboxylic acids is 5. The number of ether oxygens (including phenoxy) is 3. The van der Waals surface area contributed by atoms with Gasteiger partial charge in [-0.15, -0.1) is 0 Å². The van der Waals surface area contributed by atoms with Crippen LogP contribution >= 0.6 is 0 Å². The molecule has 0 bridgehead atoms. The predicted molar refractivity (Wildman–Crippen MR) is 360 cm³/mol. The van der Waals surface area contributed by atoms with Crippen molar-refractivity contribution in [2.45, 2.75) is 141 Å². The molecule has 3 radical (unpaired) electrons. The molecule has 95 heavy (non-hydrogen) atoms. The Bertz CT molecular complexity index is 2670. The van der Waals surface area contributed by atoms with Gasteiger partial charge in [-0.25, -0.2) is 18.4 Å². The van der Waals surface area contributed by atoms with Crippen molar-refractivity contribution in [3.05, 3.63) is 201 Å². The number of benzene rings is 5. The monoisotopic (exact) mass is 1570 g/mol. The van der Waals surface area contributed by atoms with Crippen molar-refractivity contribution in [2.24, 2.45) is 5.73 Å². The molecule has 23 heteroatoms. The van der Waals surface area contributed by atoms with Gasteiger partial charge >= 0.3 is 63.6 Å². The van der Waals surface area contributed by atoms with Gasteiger partial charge in [0.05, 0.1) is 32.5 Å². The largest absolute Gasteiger partial charge is 1.00 e. The number of nitrogens with one attached hydrogen (secondary N) is 4. The molecular weight excluding hydrogens is 1460 g/mol. The van der Waals surface area contributed by atoms with Crippen molar-refractivity contribution in [3.63, 3.8) is 0 Å². The summed E-state index contributed by atoms with van der Waals surface area (Å²) in [6, 6.07) is 42.9. The van der Waals surface area contributed by atoms with E-state index in [9.17, 15) is 32.8 Å². The number of nitrogens with zero attached hydrogens (tertiary/aromatic N) is 3. The maximum atomic E-state index is 13.4. The van der Waals surface area contributed by atoms with Crippen molar-refractivity contribution in [1.82, 2.24) is 36.0 Å². The first-order valence-corrected chi connectivity index (χ1v) is 31.5. The van der Waals surface area contributed by atoms with Gasteiger partial charge in [0, 0.05) is 168 Å². The van der Waals surface area contributed by atoms with Crippen molar-refractivity contribution in [1.29, 1.82) is 0 Å². The van der Waals surface area contributed by atoms with Gasteiger partial charge in [0.25, 0.3) is 0 Å². The zero-order valence-electron chi connectivity index (χ0n) is 58.0. The maximum Gasteiger partial charge on any atom is 1.00 e. The van der Waals surface area contributed by atoms with Crippen LogP contribution in [0.1, 0.15) is 126 Å². The van der Waals surface area contributed by atoms with Crippen molar-refractivity contribution >= 4 is 29.9 Å². The molecule has 5 aromatic carbocycles. The Balaban J connectivity index is -0.000000605. The van der Waals surface area contributed by atoms with E-state index in [4.69, 9.17) is 19.9 Å². The molecular formula is C72H106F2KN8O9Y3-3. The van der Waals surface area contributed by atoms with E-state index in [1.54, 1.807) is 41.0 Å². The number of hydrogen-bond acceptors (Lipinski definition) is 12. The van der Waals surface area contributed by atoms with E-state index in [1.165, 1.54) is 24.3 Å². The average molecular weight is 1570 g/mol. The molecule has 0 aliphatic carbocycles. The number of hydrogen-bond donors (Lipinski definition) is 5. The van der Waals surface area contributed by atoms with Gasteiger partial charge < -0.3 is 83.7 Å². The summed E-state index contributed by atoms with van der Waals surface area (Å²) in [5.41, 5.74) is 10.5. The first-order valence-electron chi connectivity index (χ1n) is 31.5. The third-order valence-corrected chi connectivity index (χ3v) is 15.2. The Kier molecular flexibility index (Phi) is 61.9. The zero-order chi connectivity index (χ0) is 62.4. The van der Waals surface area contributed by atoms with Crippen LogP contribution in [0.2, 0.25) is 0 Å². The second-order valence-electron chi connectivity index (χ2n) is 21.9. The van der Waals surface area contributed by atoms with E-state index in [-0.39, 0.29) is 243 Å². The van der Waals surface area contributed by atoms with Crippen LogP contribution in [-0.2, 0) is 146 Å². The summed E-state index contributed by atoms with van der Waals surface area (Å²) in [7, 11) is 0. The summed E-state index contributed by atoms with van der Waals surface area (Å²) < 4.78 is 42.8. The van der Waals surface area contributed by atoms with Crippen LogP contribution in [0.15, 0.2) is 140 Å². The Morgan fingerprint density at radius 2 is 0.832 bits per heavy atom. The number of likely N-dealkylation sites (tertiary alicyclic amines) is 3. The number of unbranched alkanes of at least 4 members (excludes halogenated alkanes) is 1. The average Bonchev–Trinajstić information content (AvgIpc) is 2.06. The molecule has 515 valence electrons. The third-order valence-electron chi connectivity index (χ3n) is 15.2. The minimum Gasteiger partial charge on any atom is -0.870 e. The third kappa shape index (κ3) is 41.2. The molecule has 5 amide bonds. The van der Waals surface area contributed by atoms with Gasteiger partial charge in [-0.05, 0) is 150 Å². The Labute approximate surface area is 686 Å². The van der Waals surface area contributed by atoms with Crippen LogP contribution < -0.4 is 78.4 Å². The zero-order valence-corrected chi connectivity index (χ0v) is 69.6. The van der Waals surface area contributed by atoms with E-state index >= 15 is 0 Å². The normalized spacial score (nSPS) is 14.4. The topological polar surface area (TPSA) is 227 Å². The minimum atomic E-state index is -0.360. The second kappa shape index (κ2) is 59.4. The summed E-state index contributed by atoms with van der Waals surface area (Å²) in [6.45, 7) is 16.7. The molecule has 4 aliphatic rings. The summed E-state index contributed by atoms with van der Waals surface area (Å²) in [5, 5.41) is 12.6. The Hall–Kier alpha value is -2.34. The number of rotatable bonds is 19. The molecule has 0 unspecified atom stereocenters. The second-order valence-corrected chi connectivity index (χ2v) is 21.9. The molecule has 0 aromatic heterocycles. The van der Waals surface area contributed by atoms with Crippen molar-refractivity contribution in [3.8, 4) is 0 Å². The van der Waals surface area contributed by atoms with Gasteiger partial charge in [0.2, 0.25) is 17.7 Å². The fourth-order valence-corrected chi connectivity index (χ4v) is 10.5. The van der Waals surface area contributed by atoms with Crippen LogP contribution in [-0.4, -0.2) is 153 Å². The molecule has 4 saturated heterocycles. The first kappa shape index (κ1) is 99.0. The molecule has 4 aliphatic heterocycles. The molecule has 4 heterocycles. The molecule has 0 atom stereocenters. The van der Waals surface area contributed by atoms with Crippen molar-refractivity contribution < 1.29 is 202 Å². The van der Waals surface area contributed by atoms with E-state index < -0.39 is 0 Å². The molecule has 4 fully saturated rings. The quantitative estimate of drug-likeness (QED) is 0.0298. The molecule has 7 N–H and O–H groups in total. The Morgan fingerprint density at radius 3 is 1.18 bits per heavy atom. The number of halogens is 2. The summed E-state index contributed by atoms with van der Waals surface area (Å²) in [5.74, 6) is -0.324. The molecule has 0 saturated carbocycles. The van der Waals surface area contributed by atoms with Crippen LogP contribution in [0.4, 0.5) is 18.4 Å². The fraction of sp³-hybridized carbons (Fsp3) is 0.472. The smallest absolute Gasteiger partial charge is 0.870 e. The number of carbonyl (C=O) groups is 5. The van der Waals surface area contributed by atoms with E-state index in [0.717, 1.165) is 138 Å². The van der Waals surface area contributed by atoms with Crippen LogP contribution in [0.5, 0.6) is 0 Å². The molecule has 5 aromatic rings. The SMILES string of the molecule is CC.CCOC(=O)N1CCC(N)CC1.CCOC(=O)N1CCC(NC(=O)Cc2ccccc2)CC1.O=C(Cc1ccccc1)NC1CCN(CCCCOC(c2ccc(F)cc2)c2ccc(F)cc2)CC1.O=C(Cc1ccccc1)NC1CCNCC1.[CH3-].[CH3-].[CH3-].[K+].[OH-].[Y].[Y].[Y]. The standard InChI is InChI=1S/C30H34F2N2O2.C16H22N2O3.C13H18N2O.C8H16N2O2.C2H6.3CH3.K.H2O.3Y/c31-26-12-8-24(9-13-26)30(25-10-14-27(32)15-11-25)36-21-5-4-18-34-19-16-28(17-20-34)33-29(35)22-23-6-2-1-3-7-23;1-2-21-16(20)18-10-8-14(9-11-18)17-15(19)12-13-6-4-3-5-7-13;16-13(10-11-4-2-1-3-5-11)15-12-6-8-14-9-7-12;1-2-12-8(11)10-5-3-7(9)4-6-10;1-2;;;;;;;;/h1-3,6-15,28,30H,4-5,16-22H2,(H,33,35);3-7,14H,2,8-12H2,1H3,(H,17,19);1-5,12,14H,6-10H2,(H,15,16);7H,2-6,9H2,1H3;1-2H3;3*1H3;;1H2;;;/q;;;;;3*-1;+1;;;;/p-1. The van der Waals surface area contributed by atoms with Gasteiger partial charge in [-0.3, -0.25) is 14.4 Å². The van der Waals surface area contributed by atoms with Crippen LogP contribution in [0, 0.1) is 33.9 Å². The molecule has 17 nitrogen and oxygen atoms in total. The first-order chi connectivity index (χ1) is 42.3. The number of piperidine rings is 4. The summed E-state index contributed by atoms with van der Waals surface area (Å²) >= 11 is 0. The van der Waals surface area contributed by atoms with Crippen LogP contribution in [0.3, 0.4) is 0 Å². The fourth-order valence-electron chi connectivity index (χ4n) is 10.5. The van der Waals surface area contributed by atoms with Gasteiger partial charge in [0.1, 0.15) is 17.7 Å². The molecule has 9 rings (SSSR count). The van der Waals surface area contributed by atoms with E-state index in [0.29, 0.717) is 58.2 Å². The van der Waals surface area contributed by atoms with E-state index in [1.807, 2.05) is 112 Å². The van der Waals surface area contributed by atoms with Gasteiger partial charge in [-0.2, -0.15) is 0 Å². The maximum absolute atomic E-state index is 13.4. The van der Waals surface area contributed by atoms with Crippen molar-refractivity contribution in [2.75, 3.05) is 78.7 Å². The molecule has 0 spiro atoms. The van der Waals surface area contributed by atoms with Gasteiger partial charge in [-0.1, -0.05) is 129 Å². The summed E-state index contributed by atoms with van der Waals surface area (Å²) in [4.78, 5) is 64.7. The Morgan fingerprint density at radius 1 is 0.505 bits per heavy atom. The predicted octanol–water partition coefficient (Wildman–Crippen LogP) is 8.50. The summed E-state index contributed by atoms with van der Waals surface area (Å²) in [6.07, 6.45) is 9.75. The van der Waals surface area contributed by atoms with Gasteiger partial charge in [0.15, 0.2) is 0 Å². The van der Waals surface area contributed by atoms with E-state index in [2.05, 4.69) is 26.2 Å².